The molecule has 0 spiro atoms. The Morgan fingerprint density at radius 1 is 1.14 bits per heavy atom. The summed E-state index contributed by atoms with van der Waals surface area (Å²) in [4.78, 5) is 23.7. The Hall–Kier alpha value is -2.89. The summed E-state index contributed by atoms with van der Waals surface area (Å²) in [5.74, 6) is -1.77. The van der Waals surface area contributed by atoms with Crippen LogP contribution in [0, 0.1) is 5.82 Å². The van der Waals surface area contributed by atoms with E-state index in [4.69, 9.17) is 5.73 Å². The van der Waals surface area contributed by atoms with Gasteiger partial charge in [-0.3, -0.25) is 4.79 Å². The van der Waals surface area contributed by atoms with E-state index in [1.54, 1.807) is 24.3 Å². The van der Waals surface area contributed by atoms with Gasteiger partial charge in [-0.15, -0.1) is 0 Å². The van der Waals surface area contributed by atoms with E-state index in [0.29, 0.717) is 11.3 Å². The van der Waals surface area contributed by atoms with Gasteiger partial charge in [0.05, 0.1) is 18.4 Å². The van der Waals surface area contributed by atoms with Crippen LogP contribution >= 0.6 is 0 Å². The monoisotopic (exact) mass is 288 g/mol. The Morgan fingerprint density at radius 3 is 2.43 bits per heavy atom. The number of nitrogen functional groups attached to an aromatic ring is 1. The highest BCUT2D eigenvalue weighted by molar-refractivity contribution is 6.08. The highest BCUT2D eigenvalue weighted by Gasteiger charge is 2.15. The summed E-state index contributed by atoms with van der Waals surface area (Å²) < 4.78 is 17.8. The van der Waals surface area contributed by atoms with E-state index >= 15 is 0 Å². The third kappa shape index (κ3) is 3.36. The topological polar surface area (TPSA) is 81.4 Å². The van der Waals surface area contributed by atoms with Crippen LogP contribution in [0.5, 0.6) is 0 Å². The lowest BCUT2D eigenvalue weighted by atomic mass is 10.1. The molecule has 6 heteroatoms. The molecule has 0 bridgehead atoms. The van der Waals surface area contributed by atoms with E-state index < -0.39 is 17.7 Å². The maximum atomic E-state index is 13.2. The number of anilines is 2. The molecule has 0 radical (unpaired) electrons. The second-order valence-corrected chi connectivity index (χ2v) is 4.26. The average molecular weight is 288 g/mol. The molecule has 0 aliphatic heterocycles. The summed E-state index contributed by atoms with van der Waals surface area (Å²) in [6, 6.07) is 9.71. The van der Waals surface area contributed by atoms with Gasteiger partial charge in [-0.2, -0.15) is 0 Å². The molecule has 0 saturated carbocycles. The van der Waals surface area contributed by atoms with Crippen molar-refractivity contribution in [3.05, 3.63) is 59.4 Å². The van der Waals surface area contributed by atoms with Crippen LogP contribution in [0.3, 0.4) is 0 Å². The molecular formula is C15H13FN2O3. The minimum Gasteiger partial charge on any atom is -0.465 e. The Kier molecular flexibility index (Phi) is 4.18. The molecule has 0 saturated heterocycles. The molecule has 1 amide bonds. The fourth-order valence-electron chi connectivity index (χ4n) is 1.73. The number of amides is 1. The number of halogens is 1. The second-order valence-electron chi connectivity index (χ2n) is 4.26. The van der Waals surface area contributed by atoms with Crippen molar-refractivity contribution in [2.24, 2.45) is 0 Å². The lowest BCUT2D eigenvalue weighted by Crippen LogP contribution is -2.15. The molecule has 2 rings (SSSR count). The first-order valence-electron chi connectivity index (χ1n) is 6.06. The number of methoxy groups -OCH3 is 1. The third-order valence-corrected chi connectivity index (χ3v) is 2.81. The van der Waals surface area contributed by atoms with Crippen molar-refractivity contribution in [3.8, 4) is 0 Å². The zero-order valence-electron chi connectivity index (χ0n) is 11.2. The van der Waals surface area contributed by atoms with Crippen LogP contribution in [0.1, 0.15) is 20.7 Å². The van der Waals surface area contributed by atoms with E-state index in [-0.39, 0.29) is 11.3 Å². The van der Waals surface area contributed by atoms with Crippen LogP contribution in [-0.4, -0.2) is 19.0 Å². The molecule has 21 heavy (non-hydrogen) atoms. The number of nitrogens with one attached hydrogen (secondary N) is 1. The molecule has 0 atom stereocenters. The highest BCUT2D eigenvalue weighted by Crippen LogP contribution is 2.19. The number of carbonyl (C=O) groups is 2. The molecule has 0 fully saturated rings. The molecule has 2 aromatic carbocycles. The van der Waals surface area contributed by atoms with Gasteiger partial charge in [-0.25, -0.2) is 9.18 Å². The molecular weight excluding hydrogens is 275 g/mol. The fourth-order valence-corrected chi connectivity index (χ4v) is 1.73. The van der Waals surface area contributed by atoms with Crippen LogP contribution in [0.25, 0.3) is 0 Å². The molecule has 0 aliphatic rings. The number of ether oxygens (including phenoxy) is 1. The summed E-state index contributed by atoms with van der Waals surface area (Å²) in [5.41, 5.74) is 6.56. The first-order valence-corrected chi connectivity index (χ1v) is 6.06. The second kappa shape index (κ2) is 6.04. The number of hydrogen-bond acceptors (Lipinski definition) is 4. The van der Waals surface area contributed by atoms with E-state index in [1.165, 1.54) is 13.2 Å². The quantitative estimate of drug-likeness (QED) is 0.671. The summed E-state index contributed by atoms with van der Waals surface area (Å²) in [6.45, 7) is 0. The molecule has 108 valence electrons. The van der Waals surface area contributed by atoms with Gasteiger partial charge in [-0.05, 0) is 42.5 Å². The normalized spacial score (nSPS) is 10.0. The minimum atomic E-state index is -0.734. The first-order chi connectivity index (χ1) is 10.0. The molecule has 3 N–H and O–H groups in total. The lowest BCUT2D eigenvalue weighted by Gasteiger charge is -2.10. The van der Waals surface area contributed by atoms with Crippen molar-refractivity contribution in [1.29, 1.82) is 0 Å². The van der Waals surface area contributed by atoms with Gasteiger partial charge in [-0.1, -0.05) is 0 Å². The van der Waals surface area contributed by atoms with Gasteiger partial charge in [0.25, 0.3) is 5.91 Å². The Labute approximate surface area is 120 Å². The average Bonchev–Trinajstić information content (AvgIpc) is 2.48. The van der Waals surface area contributed by atoms with Crippen LogP contribution in [0.4, 0.5) is 15.8 Å². The summed E-state index contributed by atoms with van der Waals surface area (Å²) in [6.07, 6.45) is 0. The van der Waals surface area contributed by atoms with Gasteiger partial charge < -0.3 is 15.8 Å². The largest absolute Gasteiger partial charge is 0.465 e. The Morgan fingerprint density at radius 2 is 1.81 bits per heavy atom. The van der Waals surface area contributed by atoms with Crippen molar-refractivity contribution in [2.45, 2.75) is 0 Å². The standard InChI is InChI=1S/C15H13FN2O3/c1-21-15(20)12-8-10(16)4-7-13(12)18-14(19)9-2-5-11(17)6-3-9/h2-8H,17H2,1H3,(H,18,19). The number of esters is 1. The van der Waals surface area contributed by atoms with E-state index in [1.807, 2.05) is 0 Å². The third-order valence-electron chi connectivity index (χ3n) is 2.81. The molecule has 0 unspecified atom stereocenters. The van der Waals surface area contributed by atoms with Crippen LogP contribution in [0.15, 0.2) is 42.5 Å². The molecule has 2 aromatic rings. The highest BCUT2D eigenvalue weighted by atomic mass is 19.1. The zero-order chi connectivity index (χ0) is 15.4. The molecule has 5 nitrogen and oxygen atoms in total. The van der Waals surface area contributed by atoms with E-state index in [9.17, 15) is 14.0 Å². The van der Waals surface area contributed by atoms with Crippen molar-refractivity contribution >= 4 is 23.3 Å². The van der Waals surface area contributed by atoms with Gasteiger partial charge in [0, 0.05) is 11.3 Å². The van der Waals surface area contributed by atoms with E-state index in [0.717, 1.165) is 12.1 Å². The predicted molar refractivity (Wildman–Crippen MR) is 76.5 cm³/mol. The number of hydrogen-bond donors (Lipinski definition) is 2. The molecule has 0 aromatic heterocycles. The lowest BCUT2D eigenvalue weighted by molar-refractivity contribution is 0.0601. The van der Waals surface area contributed by atoms with Crippen LogP contribution < -0.4 is 11.1 Å². The van der Waals surface area contributed by atoms with Crippen molar-refractivity contribution in [3.63, 3.8) is 0 Å². The maximum absolute atomic E-state index is 13.2. The first kappa shape index (κ1) is 14.5. The van der Waals surface area contributed by atoms with E-state index in [2.05, 4.69) is 10.1 Å². The van der Waals surface area contributed by atoms with Crippen molar-refractivity contribution in [2.75, 3.05) is 18.2 Å². The summed E-state index contributed by atoms with van der Waals surface area (Å²) in [7, 11) is 1.18. The SMILES string of the molecule is COC(=O)c1cc(F)ccc1NC(=O)c1ccc(N)cc1. The zero-order valence-corrected chi connectivity index (χ0v) is 11.2. The molecule has 0 heterocycles. The smallest absolute Gasteiger partial charge is 0.340 e. The minimum absolute atomic E-state index is 0.0544. The molecule has 0 aliphatic carbocycles. The van der Waals surface area contributed by atoms with Crippen LogP contribution in [-0.2, 0) is 4.74 Å². The maximum Gasteiger partial charge on any atom is 0.340 e. The van der Waals surface area contributed by atoms with Crippen LogP contribution in [0.2, 0.25) is 0 Å². The summed E-state index contributed by atoms with van der Waals surface area (Å²) in [5, 5.41) is 2.54. The Balaban J connectivity index is 2.28. The van der Waals surface area contributed by atoms with Gasteiger partial charge in [0.15, 0.2) is 0 Å². The van der Waals surface area contributed by atoms with Crippen molar-refractivity contribution in [1.82, 2.24) is 0 Å². The van der Waals surface area contributed by atoms with Gasteiger partial charge in [0.2, 0.25) is 0 Å². The summed E-state index contributed by atoms with van der Waals surface area (Å²) >= 11 is 0. The number of nitrogens with two attached hydrogens (primary N) is 1. The predicted octanol–water partition coefficient (Wildman–Crippen LogP) is 2.45. The number of rotatable bonds is 3. The fraction of sp³-hybridized carbons (Fsp3) is 0.0667. The number of carbonyl (C=O) groups excluding carboxylic acids is 2. The van der Waals surface area contributed by atoms with Gasteiger partial charge >= 0.3 is 5.97 Å². The number of benzene rings is 2. The van der Waals surface area contributed by atoms with Crippen molar-refractivity contribution < 1.29 is 18.7 Å². The van der Waals surface area contributed by atoms with Gasteiger partial charge in [0.1, 0.15) is 5.82 Å². The Bertz CT molecular complexity index is 684.